The molecule has 1 aliphatic carbocycles. The van der Waals surface area contributed by atoms with Gasteiger partial charge in [-0.2, -0.15) is 0 Å². The SMILES string of the molecule is Cc1ccc(/C=C2\SC(=O)N(CCNC(=O)CCC3CCCC3)C2=O)cc1. The number of benzene rings is 1. The molecule has 0 bridgehead atoms. The number of nitrogens with one attached hydrogen (secondary N) is 1. The lowest BCUT2D eigenvalue weighted by Crippen LogP contribution is -2.37. The topological polar surface area (TPSA) is 66.5 Å². The number of imide groups is 1. The summed E-state index contributed by atoms with van der Waals surface area (Å²) in [7, 11) is 0. The zero-order chi connectivity index (χ0) is 19.2. The third kappa shape index (κ3) is 5.45. The molecule has 1 aromatic rings. The van der Waals surface area contributed by atoms with Gasteiger partial charge in [0.25, 0.3) is 11.1 Å². The third-order valence-electron chi connectivity index (χ3n) is 5.16. The molecule has 2 aliphatic rings. The number of hydrogen-bond donors (Lipinski definition) is 1. The van der Waals surface area contributed by atoms with E-state index in [0.29, 0.717) is 23.8 Å². The van der Waals surface area contributed by atoms with Gasteiger partial charge in [0.1, 0.15) is 0 Å². The van der Waals surface area contributed by atoms with Crippen LogP contribution in [0.2, 0.25) is 0 Å². The molecule has 1 heterocycles. The Kier molecular flexibility index (Phi) is 6.72. The van der Waals surface area contributed by atoms with E-state index in [-0.39, 0.29) is 23.6 Å². The Morgan fingerprint density at radius 1 is 1.22 bits per heavy atom. The molecular formula is C21H26N2O3S. The minimum Gasteiger partial charge on any atom is -0.354 e. The third-order valence-corrected chi connectivity index (χ3v) is 6.07. The van der Waals surface area contributed by atoms with Gasteiger partial charge in [-0.3, -0.25) is 19.3 Å². The molecule has 3 amide bonds. The quantitative estimate of drug-likeness (QED) is 0.716. The van der Waals surface area contributed by atoms with E-state index < -0.39 is 0 Å². The molecule has 0 atom stereocenters. The van der Waals surface area contributed by atoms with Crippen LogP contribution in [0, 0.1) is 12.8 Å². The number of aryl methyl sites for hydroxylation is 1. The van der Waals surface area contributed by atoms with E-state index >= 15 is 0 Å². The molecule has 1 aliphatic heterocycles. The van der Waals surface area contributed by atoms with Crippen LogP contribution >= 0.6 is 11.8 Å². The van der Waals surface area contributed by atoms with Crippen molar-refractivity contribution in [3.8, 4) is 0 Å². The smallest absolute Gasteiger partial charge is 0.293 e. The Morgan fingerprint density at radius 2 is 1.93 bits per heavy atom. The molecule has 3 rings (SSSR count). The summed E-state index contributed by atoms with van der Waals surface area (Å²) in [6.45, 7) is 2.52. The van der Waals surface area contributed by atoms with Crippen LogP contribution in [0.1, 0.15) is 49.7 Å². The van der Waals surface area contributed by atoms with Crippen LogP contribution in [0.15, 0.2) is 29.2 Å². The van der Waals surface area contributed by atoms with Crippen molar-refractivity contribution in [2.24, 2.45) is 5.92 Å². The molecule has 1 aromatic carbocycles. The van der Waals surface area contributed by atoms with Crippen LogP contribution in [0.25, 0.3) is 6.08 Å². The molecular weight excluding hydrogens is 360 g/mol. The van der Waals surface area contributed by atoms with E-state index in [1.165, 1.54) is 30.6 Å². The number of thioether (sulfide) groups is 1. The summed E-state index contributed by atoms with van der Waals surface area (Å²) in [6, 6.07) is 7.79. The lowest BCUT2D eigenvalue weighted by Gasteiger charge is -2.13. The van der Waals surface area contributed by atoms with Gasteiger partial charge in [0.15, 0.2) is 0 Å². The first-order valence-electron chi connectivity index (χ1n) is 9.61. The summed E-state index contributed by atoms with van der Waals surface area (Å²) in [5, 5.41) is 2.55. The number of hydrogen-bond acceptors (Lipinski definition) is 4. The second kappa shape index (κ2) is 9.22. The fourth-order valence-corrected chi connectivity index (χ4v) is 4.40. The van der Waals surface area contributed by atoms with E-state index in [2.05, 4.69) is 5.32 Å². The summed E-state index contributed by atoms with van der Waals surface area (Å²) in [4.78, 5) is 38.2. The first-order valence-corrected chi connectivity index (χ1v) is 10.4. The van der Waals surface area contributed by atoms with Crippen LogP contribution < -0.4 is 5.32 Å². The minimum absolute atomic E-state index is 0.00377. The largest absolute Gasteiger partial charge is 0.354 e. The minimum atomic E-state index is -0.286. The highest BCUT2D eigenvalue weighted by Gasteiger charge is 2.34. The first kappa shape index (κ1) is 19.7. The normalized spacial score (nSPS) is 19.3. The lowest BCUT2D eigenvalue weighted by molar-refractivity contribution is -0.124. The van der Waals surface area contributed by atoms with Crippen LogP contribution in [-0.4, -0.2) is 35.0 Å². The summed E-state index contributed by atoms with van der Waals surface area (Å²) in [5.74, 6) is 0.401. The highest BCUT2D eigenvalue weighted by molar-refractivity contribution is 8.18. The number of rotatable bonds is 7. The van der Waals surface area contributed by atoms with Gasteiger partial charge in [0, 0.05) is 19.5 Å². The van der Waals surface area contributed by atoms with Gasteiger partial charge in [-0.15, -0.1) is 0 Å². The molecule has 1 saturated heterocycles. The maximum atomic E-state index is 12.5. The molecule has 0 radical (unpaired) electrons. The number of amides is 3. The van der Waals surface area contributed by atoms with Gasteiger partial charge in [0.2, 0.25) is 5.91 Å². The van der Waals surface area contributed by atoms with Crippen molar-refractivity contribution >= 4 is 34.9 Å². The van der Waals surface area contributed by atoms with Gasteiger partial charge in [-0.05, 0) is 42.7 Å². The zero-order valence-electron chi connectivity index (χ0n) is 15.7. The lowest BCUT2D eigenvalue weighted by atomic mass is 10.0. The van der Waals surface area contributed by atoms with Crippen LogP contribution in [-0.2, 0) is 9.59 Å². The van der Waals surface area contributed by atoms with Crippen molar-refractivity contribution in [3.63, 3.8) is 0 Å². The van der Waals surface area contributed by atoms with E-state index in [0.717, 1.165) is 29.3 Å². The van der Waals surface area contributed by atoms with Crippen molar-refractivity contribution in [2.45, 2.75) is 45.4 Å². The number of carbonyl (C=O) groups is 3. The predicted octanol–water partition coefficient (Wildman–Crippen LogP) is 4.12. The summed E-state index contributed by atoms with van der Waals surface area (Å²) in [6.07, 6.45) is 8.23. The highest BCUT2D eigenvalue weighted by atomic mass is 32.2. The summed E-state index contributed by atoms with van der Waals surface area (Å²) >= 11 is 0.953. The Hall–Kier alpha value is -2.08. The Bertz CT molecular complexity index is 736. The molecule has 0 unspecified atom stereocenters. The summed E-state index contributed by atoms with van der Waals surface area (Å²) < 4.78 is 0. The average molecular weight is 387 g/mol. The fourth-order valence-electron chi connectivity index (χ4n) is 3.54. The molecule has 0 aromatic heterocycles. The first-order chi connectivity index (χ1) is 13.0. The van der Waals surface area contributed by atoms with Crippen molar-refractivity contribution in [3.05, 3.63) is 40.3 Å². The maximum Gasteiger partial charge on any atom is 0.293 e. The standard InChI is InChI=1S/C21H26N2O3S/c1-15-6-8-17(9-7-15)14-18-20(25)23(21(26)27-18)13-12-22-19(24)11-10-16-4-2-3-5-16/h6-9,14,16H,2-5,10-13H2,1H3,(H,22,24)/b18-14-. The van der Waals surface area contributed by atoms with Gasteiger partial charge in [-0.1, -0.05) is 55.5 Å². The fraction of sp³-hybridized carbons (Fsp3) is 0.476. The zero-order valence-corrected chi connectivity index (χ0v) is 16.5. The van der Waals surface area contributed by atoms with Crippen LogP contribution in [0.3, 0.4) is 0 Å². The monoisotopic (exact) mass is 386 g/mol. The predicted molar refractivity (Wildman–Crippen MR) is 108 cm³/mol. The molecule has 144 valence electrons. The van der Waals surface area contributed by atoms with Crippen LogP contribution in [0.4, 0.5) is 4.79 Å². The van der Waals surface area contributed by atoms with Crippen LogP contribution in [0.5, 0.6) is 0 Å². The van der Waals surface area contributed by atoms with E-state index in [4.69, 9.17) is 0 Å². The molecule has 1 saturated carbocycles. The molecule has 27 heavy (non-hydrogen) atoms. The van der Waals surface area contributed by atoms with Crippen molar-refractivity contribution < 1.29 is 14.4 Å². The highest BCUT2D eigenvalue weighted by Crippen LogP contribution is 2.32. The van der Waals surface area contributed by atoms with E-state index in [1.54, 1.807) is 6.08 Å². The van der Waals surface area contributed by atoms with Gasteiger partial charge in [-0.25, -0.2) is 0 Å². The average Bonchev–Trinajstić information content (AvgIpc) is 3.26. The molecule has 6 heteroatoms. The van der Waals surface area contributed by atoms with Crippen molar-refractivity contribution in [2.75, 3.05) is 13.1 Å². The van der Waals surface area contributed by atoms with Gasteiger partial charge >= 0.3 is 0 Å². The Morgan fingerprint density at radius 3 is 2.63 bits per heavy atom. The van der Waals surface area contributed by atoms with Crippen molar-refractivity contribution in [1.29, 1.82) is 0 Å². The summed E-state index contributed by atoms with van der Waals surface area (Å²) in [5.41, 5.74) is 2.04. The Labute approximate surface area is 164 Å². The maximum absolute atomic E-state index is 12.5. The molecule has 1 N–H and O–H groups in total. The van der Waals surface area contributed by atoms with Gasteiger partial charge in [0.05, 0.1) is 4.91 Å². The number of carbonyl (C=O) groups excluding carboxylic acids is 3. The van der Waals surface area contributed by atoms with Crippen molar-refractivity contribution in [1.82, 2.24) is 10.2 Å². The second-order valence-corrected chi connectivity index (χ2v) is 8.28. The van der Waals surface area contributed by atoms with E-state index in [1.807, 2.05) is 31.2 Å². The second-order valence-electron chi connectivity index (χ2n) is 7.28. The molecule has 2 fully saturated rings. The molecule has 5 nitrogen and oxygen atoms in total. The molecule has 0 spiro atoms. The van der Waals surface area contributed by atoms with Gasteiger partial charge < -0.3 is 5.32 Å². The van der Waals surface area contributed by atoms with E-state index in [9.17, 15) is 14.4 Å². The number of nitrogens with zero attached hydrogens (tertiary/aromatic N) is 1. The Balaban J connectivity index is 1.45.